The average Bonchev–Trinajstić information content (AvgIpc) is 2.81. The van der Waals surface area contributed by atoms with Crippen LogP contribution in [0.15, 0.2) is 64.1 Å². The maximum Gasteiger partial charge on any atom is 0.266 e. The minimum absolute atomic E-state index is 0.112. The molecule has 5 nitrogen and oxygen atoms in total. The molecule has 3 aromatic rings. The summed E-state index contributed by atoms with van der Waals surface area (Å²) in [7, 11) is 0. The Labute approximate surface area is 194 Å². The van der Waals surface area contributed by atoms with Crippen LogP contribution < -0.4 is 10.9 Å². The first kappa shape index (κ1) is 23.2. The van der Waals surface area contributed by atoms with Crippen molar-refractivity contribution in [1.29, 1.82) is 0 Å². The molecule has 33 heavy (non-hydrogen) atoms. The zero-order chi connectivity index (χ0) is 23.4. The van der Waals surface area contributed by atoms with Crippen molar-refractivity contribution in [3.63, 3.8) is 0 Å². The molecule has 1 aliphatic carbocycles. The third-order valence-electron chi connectivity index (χ3n) is 5.68. The van der Waals surface area contributed by atoms with E-state index in [-0.39, 0.29) is 16.8 Å². The van der Waals surface area contributed by atoms with Crippen molar-refractivity contribution in [2.45, 2.75) is 49.4 Å². The van der Waals surface area contributed by atoms with Gasteiger partial charge in [-0.1, -0.05) is 35.5 Å². The minimum atomic E-state index is -0.881. The number of nitrogens with zero attached hydrogens (tertiary/aromatic N) is 2. The molecule has 0 saturated heterocycles. The highest BCUT2D eigenvalue weighted by Gasteiger charge is 2.22. The fraction of sp³-hybridized carbons (Fsp3) is 0.320. The standard InChI is InChI=1S/C25H25F2N3O2S/c1-16(23(31)28-14-13-17-7-3-2-4-8-17)33-25-29-21-10-6-5-9-19(21)24(32)30(25)22-12-11-18(26)15-20(22)27/h5-7,9-12,15-16H,2-4,8,13-14H2,1H3,(H,28,31). The van der Waals surface area contributed by atoms with E-state index in [0.717, 1.165) is 47.7 Å². The van der Waals surface area contributed by atoms with Crippen LogP contribution >= 0.6 is 11.8 Å². The van der Waals surface area contributed by atoms with Crippen molar-refractivity contribution in [2.75, 3.05) is 6.54 Å². The fourth-order valence-electron chi connectivity index (χ4n) is 3.90. The zero-order valence-corrected chi connectivity index (χ0v) is 19.1. The van der Waals surface area contributed by atoms with Gasteiger partial charge in [-0.3, -0.25) is 14.2 Å². The van der Waals surface area contributed by atoms with Gasteiger partial charge in [0.15, 0.2) is 5.16 Å². The molecule has 0 radical (unpaired) electrons. The van der Waals surface area contributed by atoms with Crippen LogP contribution in [-0.2, 0) is 4.79 Å². The summed E-state index contributed by atoms with van der Waals surface area (Å²) in [5.41, 5.74) is 1.23. The van der Waals surface area contributed by atoms with Crippen LogP contribution in [0.4, 0.5) is 8.78 Å². The molecule has 0 fully saturated rings. The van der Waals surface area contributed by atoms with Crippen molar-refractivity contribution < 1.29 is 13.6 Å². The van der Waals surface area contributed by atoms with Gasteiger partial charge in [0, 0.05) is 12.6 Å². The second kappa shape index (κ2) is 10.3. The van der Waals surface area contributed by atoms with E-state index < -0.39 is 22.4 Å². The second-order valence-corrected chi connectivity index (χ2v) is 9.37. The molecular weight excluding hydrogens is 444 g/mol. The van der Waals surface area contributed by atoms with Crippen molar-refractivity contribution >= 4 is 28.6 Å². The molecule has 8 heteroatoms. The molecular formula is C25H25F2N3O2S. The number of halogens is 2. The van der Waals surface area contributed by atoms with Crippen LogP contribution in [0.3, 0.4) is 0 Å². The summed E-state index contributed by atoms with van der Waals surface area (Å²) in [6.07, 6.45) is 7.67. The number of allylic oxidation sites excluding steroid dienone is 1. The predicted octanol–water partition coefficient (Wildman–Crippen LogP) is 5.15. The van der Waals surface area contributed by atoms with Gasteiger partial charge in [0.2, 0.25) is 5.91 Å². The van der Waals surface area contributed by atoms with Crippen molar-refractivity contribution in [3.05, 3.63) is 76.1 Å². The van der Waals surface area contributed by atoms with Gasteiger partial charge < -0.3 is 5.32 Å². The Kier molecular flexibility index (Phi) is 7.23. The number of benzene rings is 2. The van der Waals surface area contributed by atoms with Crippen molar-refractivity contribution in [2.24, 2.45) is 0 Å². The van der Waals surface area contributed by atoms with Gasteiger partial charge in [-0.05, 0) is 63.3 Å². The quantitative estimate of drug-likeness (QED) is 0.295. The number of hydrogen-bond acceptors (Lipinski definition) is 4. The second-order valence-electron chi connectivity index (χ2n) is 8.06. The van der Waals surface area contributed by atoms with Gasteiger partial charge in [-0.25, -0.2) is 13.8 Å². The van der Waals surface area contributed by atoms with E-state index in [0.29, 0.717) is 17.4 Å². The Hall–Kier alpha value is -3.00. The van der Waals surface area contributed by atoms with Gasteiger partial charge >= 0.3 is 0 Å². The molecule has 1 N–H and O–H groups in total. The Balaban J connectivity index is 1.60. The smallest absolute Gasteiger partial charge is 0.266 e. The highest BCUT2D eigenvalue weighted by Crippen LogP contribution is 2.26. The van der Waals surface area contributed by atoms with E-state index in [1.165, 1.54) is 24.5 Å². The van der Waals surface area contributed by atoms with Crippen molar-refractivity contribution in [1.82, 2.24) is 14.9 Å². The minimum Gasteiger partial charge on any atom is -0.355 e. The summed E-state index contributed by atoms with van der Waals surface area (Å²) in [6, 6.07) is 9.76. The summed E-state index contributed by atoms with van der Waals surface area (Å²) in [5.74, 6) is -1.81. The lowest BCUT2D eigenvalue weighted by molar-refractivity contribution is -0.120. The van der Waals surface area contributed by atoms with Crippen LogP contribution in [-0.4, -0.2) is 27.3 Å². The lowest BCUT2D eigenvalue weighted by atomic mass is 9.97. The van der Waals surface area contributed by atoms with E-state index in [4.69, 9.17) is 0 Å². The van der Waals surface area contributed by atoms with Crippen LogP contribution in [0.1, 0.15) is 39.0 Å². The molecule has 172 valence electrons. The van der Waals surface area contributed by atoms with Gasteiger partial charge in [-0.2, -0.15) is 0 Å². The number of amides is 1. The number of carbonyl (C=O) groups excluding carboxylic acids is 1. The molecule has 0 bridgehead atoms. The SMILES string of the molecule is CC(Sc1nc2ccccc2c(=O)n1-c1ccc(F)cc1F)C(=O)NCCC1=CCCCC1. The molecule has 0 saturated carbocycles. The Morgan fingerprint density at radius 3 is 2.79 bits per heavy atom. The molecule has 0 aliphatic heterocycles. The highest BCUT2D eigenvalue weighted by molar-refractivity contribution is 8.00. The van der Waals surface area contributed by atoms with Crippen LogP contribution in [0, 0.1) is 11.6 Å². The van der Waals surface area contributed by atoms with Gasteiger partial charge in [-0.15, -0.1) is 0 Å². The summed E-state index contributed by atoms with van der Waals surface area (Å²) in [6.45, 7) is 2.26. The number of thioether (sulfide) groups is 1. The van der Waals surface area contributed by atoms with Gasteiger partial charge in [0.05, 0.1) is 21.8 Å². The van der Waals surface area contributed by atoms with Crippen molar-refractivity contribution in [3.8, 4) is 5.69 Å². The van der Waals surface area contributed by atoms with E-state index >= 15 is 0 Å². The Morgan fingerprint density at radius 1 is 1.21 bits per heavy atom. The predicted molar refractivity (Wildman–Crippen MR) is 127 cm³/mol. The molecule has 4 rings (SSSR count). The molecule has 2 aromatic carbocycles. The first-order valence-corrected chi connectivity index (χ1v) is 11.9. The number of rotatable bonds is 7. The first-order chi connectivity index (χ1) is 15.9. The van der Waals surface area contributed by atoms with E-state index in [2.05, 4.69) is 16.4 Å². The maximum absolute atomic E-state index is 14.6. The highest BCUT2D eigenvalue weighted by atomic mass is 32.2. The summed E-state index contributed by atoms with van der Waals surface area (Å²) in [5, 5.41) is 2.84. The Morgan fingerprint density at radius 2 is 2.03 bits per heavy atom. The largest absolute Gasteiger partial charge is 0.355 e. The molecule has 1 heterocycles. The summed E-state index contributed by atoms with van der Waals surface area (Å²) < 4.78 is 29.2. The van der Waals surface area contributed by atoms with E-state index in [1.54, 1.807) is 31.2 Å². The number of nitrogens with one attached hydrogen (secondary N) is 1. The van der Waals surface area contributed by atoms with Gasteiger partial charge in [0.1, 0.15) is 11.6 Å². The van der Waals surface area contributed by atoms with Crippen LogP contribution in [0.25, 0.3) is 16.6 Å². The zero-order valence-electron chi connectivity index (χ0n) is 18.3. The third kappa shape index (κ3) is 5.33. The van der Waals surface area contributed by atoms with Gasteiger partial charge in [0.25, 0.3) is 5.56 Å². The number of carbonyl (C=O) groups is 1. The number of hydrogen-bond donors (Lipinski definition) is 1. The third-order valence-corrected chi connectivity index (χ3v) is 6.73. The van der Waals surface area contributed by atoms with E-state index in [1.807, 2.05) is 0 Å². The van der Waals surface area contributed by atoms with Crippen LogP contribution in [0.2, 0.25) is 0 Å². The Bertz CT molecular complexity index is 1270. The normalized spacial score (nSPS) is 14.7. The van der Waals surface area contributed by atoms with E-state index in [9.17, 15) is 18.4 Å². The molecule has 1 aliphatic rings. The lowest BCUT2D eigenvalue weighted by Crippen LogP contribution is -2.33. The fourth-order valence-corrected chi connectivity index (χ4v) is 4.84. The number of aromatic nitrogens is 2. The molecule has 0 spiro atoms. The molecule has 1 atom stereocenters. The summed E-state index contributed by atoms with van der Waals surface area (Å²) >= 11 is 1.07. The first-order valence-electron chi connectivity index (χ1n) is 11.0. The molecule has 1 amide bonds. The number of fused-ring (bicyclic) bond motifs is 1. The average molecular weight is 470 g/mol. The monoisotopic (exact) mass is 469 g/mol. The molecule has 1 unspecified atom stereocenters. The number of para-hydroxylation sites is 1. The lowest BCUT2D eigenvalue weighted by Gasteiger charge is -2.17. The molecule has 1 aromatic heterocycles. The maximum atomic E-state index is 14.6. The topological polar surface area (TPSA) is 64.0 Å². The van der Waals surface area contributed by atoms with Crippen LogP contribution in [0.5, 0.6) is 0 Å². The summed E-state index contributed by atoms with van der Waals surface area (Å²) in [4.78, 5) is 30.5.